The molecule has 1 aliphatic rings. The van der Waals surface area contributed by atoms with Crippen LogP contribution in [-0.2, 0) is 22.7 Å². The summed E-state index contributed by atoms with van der Waals surface area (Å²) in [6.07, 6.45) is -0.813. The average molecular weight is 486 g/mol. The molecule has 0 fully saturated rings. The van der Waals surface area contributed by atoms with Gasteiger partial charge in [0.2, 0.25) is 6.29 Å². The highest BCUT2D eigenvalue weighted by Crippen LogP contribution is 2.41. The van der Waals surface area contributed by atoms with Crippen LogP contribution >= 0.6 is 0 Å². The minimum atomic E-state index is -0.613. The molecule has 184 valence electrons. The first-order valence-corrected chi connectivity index (χ1v) is 11.9. The SMILES string of the molecule is CC(NC(=O)OCc1ccccc1)C1CC(OCc2ccccc2)Oc2c1c(=O)oc1ccccc21. The molecule has 3 aromatic carbocycles. The van der Waals surface area contributed by atoms with Gasteiger partial charge < -0.3 is 23.9 Å². The van der Waals surface area contributed by atoms with Crippen LogP contribution in [0.3, 0.4) is 0 Å². The van der Waals surface area contributed by atoms with Crippen molar-refractivity contribution >= 4 is 17.1 Å². The molecule has 5 rings (SSSR count). The third kappa shape index (κ3) is 5.26. The number of nitrogens with one attached hydrogen (secondary N) is 1. The number of carbonyl (C=O) groups is 1. The maximum Gasteiger partial charge on any atom is 0.407 e. The van der Waals surface area contributed by atoms with E-state index in [1.165, 1.54) is 0 Å². The number of hydrogen-bond donors (Lipinski definition) is 1. The Labute approximate surface area is 208 Å². The molecule has 0 radical (unpaired) electrons. The molecule has 1 N–H and O–H groups in total. The van der Waals surface area contributed by atoms with Crippen LogP contribution in [0, 0.1) is 0 Å². The van der Waals surface area contributed by atoms with Crippen LogP contribution in [0.25, 0.3) is 11.0 Å². The van der Waals surface area contributed by atoms with E-state index in [0.717, 1.165) is 11.1 Å². The van der Waals surface area contributed by atoms with Crippen molar-refractivity contribution in [3.63, 3.8) is 0 Å². The van der Waals surface area contributed by atoms with Gasteiger partial charge in [-0.2, -0.15) is 0 Å². The normalized spacial score (nSPS) is 17.6. The van der Waals surface area contributed by atoms with E-state index < -0.39 is 30.0 Å². The zero-order valence-electron chi connectivity index (χ0n) is 19.9. The lowest BCUT2D eigenvalue weighted by Crippen LogP contribution is -2.43. The van der Waals surface area contributed by atoms with E-state index in [9.17, 15) is 9.59 Å². The highest BCUT2D eigenvalue weighted by atomic mass is 16.7. The molecular formula is C29H27NO6. The molecule has 1 amide bonds. The summed E-state index contributed by atoms with van der Waals surface area (Å²) in [6, 6.07) is 26.0. The third-order valence-corrected chi connectivity index (χ3v) is 6.31. The second-order valence-electron chi connectivity index (χ2n) is 8.81. The summed E-state index contributed by atoms with van der Waals surface area (Å²) < 4.78 is 23.3. The van der Waals surface area contributed by atoms with E-state index in [4.69, 9.17) is 18.6 Å². The van der Waals surface area contributed by atoms with Crippen LogP contribution in [0.5, 0.6) is 5.75 Å². The second-order valence-corrected chi connectivity index (χ2v) is 8.81. The number of hydrogen-bond acceptors (Lipinski definition) is 6. The van der Waals surface area contributed by atoms with E-state index in [-0.39, 0.29) is 6.61 Å². The van der Waals surface area contributed by atoms with Crippen molar-refractivity contribution in [1.82, 2.24) is 5.32 Å². The van der Waals surface area contributed by atoms with E-state index in [1.54, 1.807) is 12.1 Å². The minimum absolute atomic E-state index is 0.152. The van der Waals surface area contributed by atoms with Crippen LogP contribution in [-0.4, -0.2) is 18.4 Å². The fraction of sp³-hybridized carbons (Fsp3) is 0.241. The predicted molar refractivity (Wildman–Crippen MR) is 135 cm³/mol. The maximum absolute atomic E-state index is 13.0. The third-order valence-electron chi connectivity index (χ3n) is 6.31. The van der Waals surface area contributed by atoms with Crippen molar-refractivity contribution in [3.8, 4) is 5.75 Å². The zero-order valence-corrected chi connectivity index (χ0v) is 19.9. The summed E-state index contributed by atoms with van der Waals surface area (Å²) >= 11 is 0. The standard InChI is InChI=1S/C29H27NO6/c1-19(30-29(32)34-18-21-12-6-3-7-13-21)23-16-25(33-17-20-10-4-2-5-11-20)36-27-22-14-8-9-15-24(22)35-28(31)26(23)27/h2-15,19,23,25H,16-18H2,1H3,(H,30,32). The lowest BCUT2D eigenvalue weighted by atomic mass is 9.87. The first-order valence-electron chi connectivity index (χ1n) is 11.9. The molecule has 0 saturated carbocycles. The first kappa shape index (κ1) is 23.6. The van der Waals surface area contributed by atoms with Gasteiger partial charge in [0, 0.05) is 18.4 Å². The summed E-state index contributed by atoms with van der Waals surface area (Å²) in [7, 11) is 0. The van der Waals surface area contributed by atoms with E-state index in [2.05, 4.69) is 5.32 Å². The monoisotopic (exact) mass is 485 g/mol. The van der Waals surface area contributed by atoms with Gasteiger partial charge >= 0.3 is 11.7 Å². The molecule has 4 aromatic rings. The van der Waals surface area contributed by atoms with Crippen molar-refractivity contribution in [2.75, 3.05) is 0 Å². The molecule has 0 aliphatic carbocycles. The van der Waals surface area contributed by atoms with Crippen LogP contribution in [0.4, 0.5) is 4.79 Å². The van der Waals surface area contributed by atoms with E-state index >= 15 is 0 Å². The number of rotatable bonds is 7. The Hall–Kier alpha value is -4.10. The molecule has 36 heavy (non-hydrogen) atoms. The molecule has 3 atom stereocenters. The van der Waals surface area contributed by atoms with Gasteiger partial charge in [-0.25, -0.2) is 9.59 Å². The second kappa shape index (κ2) is 10.7. The summed E-state index contributed by atoms with van der Waals surface area (Å²) in [6.45, 7) is 2.35. The number of alkyl carbamates (subject to hydrolysis) is 1. The number of para-hydroxylation sites is 1. The van der Waals surface area contributed by atoms with Gasteiger partial charge in [-0.3, -0.25) is 0 Å². The van der Waals surface area contributed by atoms with Crippen LogP contribution < -0.4 is 15.7 Å². The van der Waals surface area contributed by atoms with Gasteiger partial charge in [-0.15, -0.1) is 0 Å². The van der Waals surface area contributed by atoms with Crippen molar-refractivity contribution in [1.29, 1.82) is 0 Å². The molecule has 0 spiro atoms. The van der Waals surface area contributed by atoms with E-state index in [0.29, 0.717) is 35.3 Å². The molecule has 3 unspecified atom stereocenters. The van der Waals surface area contributed by atoms with Crippen molar-refractivity contribution in [2.24, 2.45) is 0 Å². The Morgan fingerprint density at radius 1 is 0.944 bits per heavy atom. The topological polar surface area (TPSA) is 87.0 Å². The maximum atomic E-state index is 13.0. The number of carbonyl (C=O) groups excluding carboxylic acids is 1. The number of ether oxygens (including phenoxy) is 3. The summed E-state index contributed by atoms with van der Waals surface area (Å²) in [5.74, 6) is 0.0297. The lowest BCUT2D eigenvalue weighted by molar-refractivity contribution is -0.106. The van der Waals surface area contributed by atoms with Gasteiger partial charge in [0.25, 0.3) is 0 Å². The first-order chi connectivity index (χ1) is 17.6. The number of fused-ring (bicyclic) bond motifs is 3. The highest BCUT2D eigenvalue weighted by molar-refractivity contribution is 5.85. The van der Waals surface area contributed by atoms with Gasteiger partial charge in [0.05, 0.1) is 17.6 Å². The highest BCUT2D eigenvalue weighted by Gasteiger charge is 2.37. The molecule has 0 bridgehead atoms. The van der Waals surface area contributed by atoms with Crippen LogP contribution in [0.2, 0.25) is 0 Å². The van der Waals surface area contributed by atoms with Crippen molar-refractivity contribution in [3.05, 3.63) is 112 Å². The van der Waals surface area contributed by atoms with Gasteiger partial charge in [-0.1, -0.05) is 72.8 Å². The Morgan fingerprint density at radius 2 is 1.58 bits per heavy atom. The molecule has 7 heteroatoms. The smallest absolute Gasteiger partial charge is 0.407 e. The molecular weight excluding hydrogens is 458 g/mol. The summed E-state index contributed by atoms with van der Waals surface area (Å²) in [4.78, 5) is 25.6. The molecule has 7 nitrogen and oxygen atoms in total. The van der Waals surface area contributed by atoms with Gasteiger partial charge in [-0.05, 0) is 30.2 Å². The average Bonchev–Trinajstić information content (AvgIpc) is 2.91. The zero-order chi connectivity index (χ0) is 24.9. The Bertz CT molecular complexity index is 1390. The molecule has 0 saturated heterocycles. The predicted octanol–water partition coefficient (Wildman–Crippen LogP) is 5.52. The van der Waals surface area contributed by atoms with Crippen molar-refractivity contribution in [2.45, 2.75) is 44.8 Å². The number of benzene rings is 3. The fourth-order valence-corrected chi connectivity index (χ4v) is 4.46. The summed E-state index contributed by atoms with van der Waals surface area (Å²) in [5.41, 5.74) is 2.24. The molecule has 1 aromatic heterocycles. The number of amides is 1. The fourth-order valence-electron chi connectivity index (χ4n) is 4.46. The Balaban J connectivity index is 1.38. The van der Waals surface area contributed by atoms with Crippen LogP contribution in [0.1, 0.15) is 36.0 Å². The summed E-state index contributed by atoms with van der Waals surface area (Å²) in [5, 5.41) is 3.56. The lowest BCUT2D eigenvalue weighted by Gasteiger charge is -2.34. The largest absolute Gasteiger partial charge is 0.464 e. The minimum Gasteiger partial charge on any atom is -0.464 e. The van der Waals surface area contributed by atoms with Gasteiger partial charge in [0.1, 0.15) is 17.9 Å². The molecule has 1 aliphatic heterocycles. The quantitative estimate of drug-likeness (QED) is 0.347. The Morgan fingerprint density at radius 3 is 2.31 bits per heavy atom. The van der Waals surface area contributed by atoms with Crippen LogP contribution in [0.15, 0.2) is 94.1 Å². The Kier molecular flexibility index (Phi) is 7.00. The van der Waals surface area contributed by atoms with E-state index in [1.807, 2.05) is 79.7 Å². The molecule has 2 heterocycles. The van der Waals surface area contributed by atoms with Gasteiger partial charge in [0.15, 0.2) is 0 Å². The van der Waals surface area contributed by atoms with Crippen molar-refractivity contribution < 1.29 is 23.4 Å².